The van der Waals surface area contributed by atoms with Gasteiger partial charge in [-0.1, -0.05) is 11.6 Å². The van der Waals surface area contributed by atoms with E-state index in [2.05, 4.69) is 39.4 Å². The molecule has 7 heteroatoms. The van der Waals surface area contributed by atoms with Crippen LogP contribution >= 0.6 is 38.9 Å². The van der Waals surface area contributed by atoms with Crippen molar-refractivity contribution in [2.75, 3.05) is 0 Å². The maximum atomic E-state index is 6.21. The highest BCUT2D eigenvalue weighted by Gasteiger charge is 2.22. The molecule has 0 aliphatic rings. The number of aromatic nitrogens is 2. The predicted octanol–water partition coefficient (Wildman–Crippen LogP) is 3.24. The zero-order valence-corrected chi connectivity index (χ0v) is 13.2. The van der Waals surface area contributed by atoms with E-state index in [1.807, 2.05) is 11.6 Å². The first-order valence-electron chi connectivity index (χ1n) is 5.51. The number of hydrazine groups is 1. The van der Waals surface area contributed by atoms with Gasteiger partial charge in [-0.3, -0.25) is 10.5 Å². The van der Waals surface area contributed by atoms with E-state index >= 15 is 0 Å². The Hall–Kier alpha value is -0.400. The van der Waals surface area contributed by atoms with Crippen molar-refractivity contribution in [2.45, 2.75) is 26.4 Å². The Morgan fingerprint density at radius 1 is 1.67 bits per heavy atom. The van der Waals surface area contributed by atoms with E-state index in [0.717, 1.165) is 20.9 Å². The Kier molecular flexibility index (Phi) is 4.45. The van der Waals surface area contributed by atoms with Gasteiger partial charge in [0.25, 0.3) is 0 Å². The monoisotopic (exact) mass is 348 g/mol. The lowest BCUT2D eigenvalue weighted by Crippen LogP contribution is -2.30. The molecule has 4 nitrogen and oxygen atoms in total. The number of nitrogens with two attached hydrogens (primary N) is 1. The third kappa shape index (κ3) is 2.48. The molecule has 0 saturated carbocycles. The van der Waals surface area contributed by atoms with Crippen molar-refractivity contribution in [2.24, 2.45) is 5.84 Å². The van der Waals surface area contributed by atoms with E-state index in [4.69, 9.17) is 17.4 Å². The quantitative estimate of drug-likeness (QED) is 0.658. The molecule has 2 aromatic rings. The normalized spacial score (nSPS) is 12.9. The third-order valence-electron chi connectivity index (χ3n) is 2.73. The smallest absolute Gasteiger partial charge is 0.0985 e. The van der Waals surface area contributed by atoms with Crippen molar-refractivity contribution in [1.29, 1.82) is 0 Å². The molecule has 18 heavy (non-hydrogen) atoms. The number of nitrogens with one attached hydrogen (secondary N) is 1. The van der Waals surface area contributed by atoms with Crippen LogP contribution in [-0.2, 0) is 6.54 Å². The lowest BCUT2D eigenvalue weighted by atomic mass is 10.1. The lowest BCUT2D eigenvalue weighted by molar-refractivity contribution is 0.548. The fourth-order valence-electron chi connectivity index (χ4n) is 1.83. The molecule has 0 radical (unpaired) electrons. The molecule has 0 fully saturated rings. The van der Waals surface area contributed by atoms with Crippen LogP contribution in [-0.4, -0.2) is 9.78 Å². The zero-order valence-electron chi connectivity index (χ0n) is 10.1. The van der Waals surface area contributed by atoms with Crippen LogP contribution in [0.3, 0.4) is 0 Å². The molecule has 2 aromatic heterocycles. The van der Waals surface area contributed by atoms with Gasteiger partial charge in [0, 0.05) is 11.4 Å². The molecular formula is C11H14BrClN4S. The summed E-state index contributed by atoms with van der Waals surface area (Å²) < 4.78 is 2.96. The van der Waals surface area contributed by atoms with Gasteiger partial charge < -0.3 is 0 Å². The fraction of sp³-hybridized carbons (Fsp3) is 0.364. The van der Waals surface area contributed by atoms with Crippen LogP contribution in [0.15, 0.2) is 16.0 Å². The summed E-state index contributed by atoms with van der Waals surface area (Å²) in [4.78, 5) is 1.11. The highest BCUT2D eigenvalue weighted by atomic mass is 79.9. The van der Waals surface area contributed by atoms with Crippen LogP contribution in [0, 0.1) is 6.92 Å². The number of thiophene rings is 1. The van der Waals surface area contributed by atoms with Crippen LogP contribution in [0.2, 0.25) is 5.02 Å². The largest absolute Gasteiger partial charge is 0.270 e. The molecule has 3 N–H and O–H groups in total. The minimum absolute atomic E-state index is 0.144. The van der Waals surface area contributed by atoms with Gasteiger partial charge in [0.15, 0.2) is 0 Å². The van der Waals surface area contributed by atoms with Gasteiger partial charge in [0.05, 0.1) is 26.7 Å². The van der Waals surface area contributed by atoms with Gasteiger partial charge in [-0.25, -0.2) is 5.43 Å². The number of aryl methyl sites for hydroxylation is 2. The average molecular weight is 350 g/mol. The van der Waals surface area contributed by atoms with Crippen molar-refractivity contribution in [3.63, 3.8) is 0 Å². The third-order valence-corrected chi connectivity index (χ3v) is 5.23. The lowest BCUT2D eigenvalue weighted by Gasteiger charge is -2.16. The van der Waals surface area contributed by atoms with E-state index < -0.39 is 0 Å². The molecule has 0 saturated heterocycles. The number of rotatable bonds is 4. The minimum Gasteiger partial charge on any atom is -0.270 e. The Morgan fingerprint density at radius 3 is 2.89 bits per heavy atom. The van der Waals surface area contributed by atoms with Crippen molar-refractivity contribution < 1.29 is 0 Å². The first kappa shape index (κ1) is 14.0. The molecule has 0 aliphatic carbocycles. The second-order valence-corrected chi connectivity index (χ2v) is 6.71. The summed E-state index contributed by atoms with van der Waals surface area (Å²) >= 11 is 11.4. The summed E-state index contributed by atoms with van der Waals surface area (Å²) in [6, 6.07) is 1.96. The highest BCUT2D eigenvalue weighted by molar-refractivity contribution is 9.11. The van der Waals surface area contributed by atoms with Gasteiger partial charge >= 0.3 is 0 Å². The van der Waals surface area contributed by atoms with E-state index in [1.54, 1.807) is 17.5 Å². The molecule has 1 unspecified atom stereocenters. The van der Waals surface area contributed by atoms with E-state index in [0.29, 0.717) is 5.02 Å². The Bertz CT molecular complexity index is 532. The standard InChI is InChI=1S/C11H14BrClN4S/c1-3-17-10(7(13)5-15-17)9(16-14)8-4-6(2)11(12)18-8/h4-5,9,16H,3,14H2,1-2H3. The molecule has 0 spiro atoms. The molecule has 0 amide bonds. The summed E-state index contributed by atoms with van der Waals surface area (Å²) in [6.07, 6.45) is 1.65. The summed E-state index contributed by atoms with van der Waals surface area (Å²) in [5.74, 6) is 5.69. The first-order valence-corrected chi connectivity index (χ1v) is 7.50. The maximum Gasteiger partial charge on any atom is 0.0985 e. The molecule has 0 aromatic carbocycles. The first-order chi connectivity index (χ1) is 8.58. The Labute approximate surface area is 123 Å². The number of nitrogens with zero attached hydrogens (tertiary/aromatic N) is 2. The van der Waals surface area contributed by atoms with Gasteiger partial charge in [-0.05, 0) is 41.4 Å². The Morgan fingerprint density at radius 2 is 2.39 bits per heavy atom. The van der Waals surface area contributed by atoms with Crippen molar-refractivity contribution in [3.05, 3.63) is 37.2 Å². The van der Waals surface area contributed by atoms with E-state index in [9.17, 15) is 0 Å². The second kappa shape index (κ2) is 5.71. The molecule has 0 aliphatic heterocycles. The van der Waals surface area contributed by atoms with Crippen molar-refractivity contribution in [3.8, 4) is 0 Å². The summed E-state index contributed by atoms with van der Waals surface area (Å²) in [7, 11) is 0. The SMILES string of the molecule is CCn1ncc(Cl)c1C(NN)c1cc(C)c(Br)s1. The van der Waals surface area contributed by atoms with Crippen molar-refractivity contribution in [1.82, 2.24) is 15.2 Å². The summed E-state index contributed by atoms with van der Waals surface area (Å²) in [5, 5.41) is 4.87. The molecule has 1 atom stereocenters. The second-order valence-electron chi connectivity index (χ2n) is 3.90. The minimum atomic E-state index is -0.144. The molecule has 2 heterocycles. The molecule has 0 bridgehead atoms. The summed E-state index contributed by atoms with van der Waals surface area (Å²) in [6.45, 7) is 4.83. The zero-order chi connectivity index (χ0) is 13.3. The van der Waals surface area contributed by atoms with E-state index in [-0.39, 0.29) is 6.04 Å². The van der Waals surface area contributed by atoms with Gasteiger partial charge in [-0.2, -0.15) is 5.10 Å². The topological polar surface area (TPSA) is 55.9 Å². The van der Waals surface area contributed by atoms with Gasteiger partial charge in [-0.15, -0.1) is 11.3 Å². The number of hydrogen-bond donors (Lipinski definition) is 2. The van der Waals surface area contributed by atoms with Crippen LogP contribution in [0.4, 0.5) is 0 Å². The van der Waals surface area contributed by atoms with Crippen LogP contribution < -0.4 is 11.3 Å². The predicted molar refractivity (Wildman–Crippen MR) is 78.8 cm³/mol. The maximum absolute atomic E-state index is 6.21. The van der Waals surface area contributed by atoms with Crippen LogP contribution in [0.25, 0.3) is 0 Å². The summed E-state index contributed by atoms with van der Waals surface area (Å²) in [5.41, 5.74) is 4.91. The number of hydrogen-bond acceptors (Lipinski definition) is 4. The van der Waals surface area contributed by atoms with Crippen molar-refractivity contribution >= 4 is 38.9 Å². The molecule has 2 rings (SSSR count). The van der Waals surface area contributed by atoms with Gasteiger partial charge in [0.2, 0.25) is 0 Å². The average Bonchev–Trinajstić information content (AvgIpc) is 2.86. The Balaban J connectivity index is 2.47. The molecule has 98 valence electrons. The number of halogens is 2. The highest BCUT2D eigenvalue weighted by Crippen LogP contribution is 2.36. The molecular weight excluding hydrogens is 336 g/mol. The van der Waals surface area contributed by atoms with Crippen LogP contribution in [0.1, 0.15) is 29.1 Å². The van der Waals surface area contributed by atoms with Crippen LogP contribution in [0.5, 0.6) is 0 Å². The van der Waals surface area contributed by atoms with E-state index in [1.165, 1.54) is 5.56 Å². The fourth-order valence-corrected chi connectivity index (χ4v) is 3.72. The van der Waals surface area contributed by atoms with Gasteiger partial charge in [0.1, 0.15) is 0 Å².